The van der Waals surface area contributed by atoms with Gasteiger partial charge in [-0.05, 0) is 43.2 Å². The second kappa shape index (κ2) is 11.9. The summed E-state index contributed by atoms with van der Waals surface area (Å²) in [5.74, 6) is 0.349. The van der Waals surface area contributed by atoms with E-state index in [1.165, 1.54) is 49.7 Å². The third-order valence-electron chi connectivity index (χ3n) is 5.37. The van der Waals surface area contributed by atoms with Gasteiger partial charge in [0.25, 0.3) is 0 Å². The van der Waals surface area contributed by atoms with E-state index in [1.807, 2.05) is 0 Å². The molecule has 144 valence electrons. The Morgan fingerprint density at radius 1 is 1.04 bits per heavy atom. The molecule has 1 amide bonds. The lowest BCUT2D eigenvalue weighted by Crippen LogP contribution is -2.32. The summed E-state index contributed by atoms with van der Waals surface area (Å²) in [7, 11) is 0. The Morgan fingerprint density at radius 2 is 1.81 bits per heavy atom. The molecule has 1 unspecified atom stereocenters. The molecule has 0 N–H and O–H groups in total. The number of carbonyl (C=O) groups excluding carboxylic acids is 1. The van der Waals surface area contributed by atoms with Crippen LogP contribution in [0.4, 0.5) is 0 Å². The SMILES string of the molecule is CCCCCCCN1C(=O)CCC1/C=C/CCc1cccc(CCC)c1. The minimum atomic E-state index is 0.333. The molecule has 1 fully saturated rings. The summed E-state index contributed by atoms with van der Waals surface area (Å²) in [5, 5.41) is 0. The number of unbranched alkanes of at least 4 members (excludes halogenated alkanes) is 4. The van der Waals surface area contributed by atoms with Crippen LogP contribution in [0, 0.1) is 0 Å². The highest BCUT2D eigenvalue weighted by molar-refractivity contribution is 5.79. The van der Waals surface area contributed by atoms with Crippen molar-refractivity contribution in [3.05, 3.63) is 47.5 Å². The number of carbonyl (C=O) groups is 1. The summed E-state index contributed by atoms with van der Waals surface area (Å²) in [4.78, 5) is 14.3. The van der Waals surface area contributed by atoms with E-state index in [-0.39, 0.29) is 0 Å². The first-order chi connectivity index (χ1) is 12.7. The predicted octanol–water partition coefficient (Wildman–Crippen LogP) is 6.09. The summed E-state index contributed by atoms with van der Waals surface area (Å²) in [6.07, 6.45) is 17.1. The maximum Gasteiger partial charge on any atom is 0.223 e. The van der Waals surface area contributed by atoms with E-state index < -0.39 is 0 Å². The van der Waals surface area contributed by atoms with Crippen LogP contribution in [-0.4, -0.2) is 23.4 Å². The average molecular weight is 356 g/mol. The van der Waals surface area contributed by atoms with Gasteiger partial charge in [0.05, 0.1) is 6.04 Å². The fourth-order valence-electron chi connectivity index (χ4n) is 3.86. The van der Waals surface area contributed by atoms with Crippen LogP contribution in [-0.2, 0) is 17.6 Å². The normalized spacial score (nSPS) is 17.5. The molecular formula is C24H37NO. The van der Waals surface area contributed by atoms with Crippen LogP contribution in [0.1, 0.15) is 82.8 Å². The summed E-state index contributed by atoms with van der Waals surface area (Å²) in [5.41, 5.74) is 2.88. The zero-order valence-corrected chi connectivity index (χ0v) is 16.9. The van der Waals surface area contributed by atoms with E-state index in [4.69, 9.17) is 0 Å². The van der Waals surface area contributed by atoms with Gasteiger partial charge in [-0.2, -0.15) is 0 Å². The zero-order chi connectivity index (χ0) is 18.6. The summed E-state index contributed by atoms with van der Waals surface area (Å²) in [6.45, 7) is 5.41. The van der Waals surface area contributed by atoms with Crippen LogP contribution in [0.2, 0.25) is 0 Å². The first kappa shape index (κ1) is 20.7. The zero-order valence-electron chi connectivity index (χ0n) is 16.9. The molecule has 1 heterocycles. The minimum Gasteiger partial charge on any atom is -0.336 e. The molecule has 1 aliphatic rings. The molecule has 2 nitrogen and oxygen atoms in total. The molecule has 0 saturated carbocycles. The van der Waals surface area contributed by atoms with Crippen molar-refractivity contribution >= 4 is 5.91 Å². The average Bonchev–Trinajstić information content (AvgIpc) is 2.99. The molecule has 1 atom stereocenters. The number of benzene rings is 1. The Labute approximate surface area is 160 Å². The Bertz CT molecular complexity index is 563. The van der Waals surface area contributed by atoms with E-state index in [0.29, 0.717) is 11.9 Å². The van der Waals surface area contributed by atoms with Crippen molar-refractivity contribution in [1.82, 2.24) is 4.90 Å². The lowest BCUT2D eigenvalue weighted by molar-refractivity contribution is -0.128. The van der Waals surface area contributed by atoms with E-state index >= 15 is 0 Å². The molecule has 1 aromatic carbocycles. The highest BCUT2D eigenvalue weighted by Crippen LogP contribution is 2.21. The molecule has 0 aliphatic carbocycles. The quantitative estimate of drug-likeness (QED) is 0.328. The van der Waals surface area contributed by atoms with Crippen molar-refractivity contribution in [2.45, 2.75) is 90.5 Å². The van der Waals surface area contributed by atoms with Crippen molar-refractivity contribution in [2.75, 3.05) is 6.54 Å². The fraction of sp³-hybridized carbons (Fsp3) is 0.625. The van der Waals surface area contributed by atoms with Crippen molar-refractivity contribution in [2.24, 2.45) is 0 Å². The van der Waals surface area contributed by atoms with Gasteiger partial charge in [-0.1, -0.05) is 82.4 Å². The summed E-state index contributed by atoms with van der Waals surface area (Å²) < 4.78 is 0. The van der Waals surface area contributed by atoms with Gasteiger partial charge in [0.1, 0.15) is 0 Å². The fourth-order valence-corrected chi connectivity index (χ4v) is 3.86. The molecule has 0 aromatic heterocycles. The summed E-state index contributed by atoms with van der Waals surface area (Å²) in [6, 6.07) is 9.32. The maximum atomic E-state index is 12.1. The monoisotopic (exact) mass is 355 g/mol. The van der Waals surface area contributed by atoms with Gasteiger partial charge in [0, 0.05) is 13.0 Å². The molecule has 1 aliphatic heterocycles. The van der Waals surface area contributed by atoms with E-state index in [0.717, 1.165) is 38.6 Å². The van der Waals surface area contributed by atoms with Crippen LogP contribution in [0.5, 0.6) is 0 Å². The lowest BCUT2D eigenvalue weighted by atomic mass is 10.0. The summed E-state index contributed by atoms with van der Waals surface area (Å²) >= 11 is 0. The standard InChI is InChI=1S/C24H37NO/c1-3-5-6-7-10-19-25-23(17-18-24(25)26)16-9-8-13-22-15-11-14-21(20-22)12-4-2/h9,11,14-16,20,23H,3-8,10,12-13,17-19H2,1-2H3/b16-9+. The molecule has 1 saturated heterocycles. The first-order valence-corrected chi connectivity index (χ1v) is 10.8. The largest absolute Gasteiger partial charge is 0.336 e. The Hall–Kier alpha value is -1.57. The highest BCUT2D eigenvalue weighted by Gasteiger charge is 2.28. The van der Waals surface area contributed by atoms with Crippen molar-refractivity contribution in [3.8, 4) is 0 Å². The maximum absolute atomic E-state index is 12.1. The van der Waals surface area contributed by atoms with Gasteiger partial charge >= 0.3 is 0 Å². The van der Waals surface area contributed by atoms with Gasteiger partial charge in [-0.15, -0.1) is 0 Å². The Kier molecular flexibility index (Phi) is 9.52. The third kappa shape index (κ3) is 6.97. The highest BCUT2D eigenvalue weighted by atomic mass is 16.2. The van der Waals surface area contributed by atoms with Crippen LogP contribution in [0.15, 0.2) is 36.4 Å². The van der Waals surface area contributed by atoms with Crippen molar-refractivity contribution < 1.29 is 4.79 Å². The van der Waals surface area contributed by atoms with Crippen LogP contribution in [0.3, 0.4) is 0 Å². The van der Waals surface area contributed by atoms with Gasteiger partial charge in [0.15, 0.2) is 0 Å². The van der Waals surface area contributed by atoms with Crippen molar-refractivity contribution in [3.63, 3.8) is 0 Å². The van der Waals surface area contributed by atoms with E-state index in [2.05, 4.69) is 55.2 Å². The van der Waals surface area contributed by atoms with Gasteiger partial charge in [-0.3, -0.25) is 4.79 Å². The number of hydrogen-bond donors (Lipinski definition) is 0. The number of likely N-dealkylation sites (tertiary alicyclic amines) is 1. The smallest absolute Gasteiger partial charge is 0.223 e. The van der Waals surface area contributed by atoms with Crippen LogP contribution in [0.25, 0.3) is 0 Å². The number of allylic oxidation sites excluding steroid dienone is 1. The van der Waals surface area contributed by atoms with Gasteiger partial charge in [0.2, 0.25) is 5.91 Å². The molecule has 26 heavy (non-hydrogen) atoms. The molecule has 2 rings (SSSR count). The lowest BCUT2D eigenvalue weighted by Gasteiger charge is -2.22. The molecular weight excluding hydrogens is 318 g/mol. The predicted molar refractivity (Wildman–Crippen MR) is 111 cm³/mol. The number of hydrogen-bond acceptors (Lipinski definition) is 1. The third-order valence-corrected chi connectivity index (χ3v) is 5.37. The Morgan fingerprint density at radius 3 is 2.58 bits per heavy atom. The second-order valence-corrected chi connectivity index (χ2v) is 7.64. The molecule has 0 radical (unpaired) electrons. The van der Waals surface area contributed by atoms with Crippen LogP contribution >= 0.6 is 0 Å². The van der Waals surface area contributed by atoms with Gasteiger partial charge in [-0.25, -0.2) is 0 Å². The van der Waals surface area contributed by atoms with Crippen molar-refractivity contribution in [1.29, 1.82) is 0 Å². The molecule has 2 heteroatoms. The second-order valence-electron chi connectivity index (χ2n) is 7.64. The minimum absolute atomic E-state index is 0.333. The number of amides is 1. The first-order valence-electron chi connectivity index (χ1n) is 10.8. The number of nitrogens with zero attached hydrogens (tertiary/aromatic N) is 1. The topological polar surface area (TPSA) is 20.3 Å². The molecule has 0 spiro atoms. The van der Waals surface area contributed by atoms with E-state index in [1.54, 1.807) is 0 Å². The van der Waals surface area contributed by atoms with Crippen LogP contribution < -0.4 is 0 Å². The number of rotatable bonds is 12. The van der Waals surface area contributed by atoms with E-state index in [9.17, 15) is 4.79 Å². The Balaban J connectivity index is 1.75. The molecule has 0 bridgehead atoms. The number of aryl methyl sites for hydroxylation is 2. The molecule has 1 aromatic rings. The van der Waals surface area contributed by atoms with Gasteiger partial charge < -0.3 is 4.90 Å².